The van der Waals surface area contributed by atoms with Gasteiger partial charge in [-0.2, -0.15) is 5.26 Å². The van der Waals surface area contributed by atoms with Crippen molar-refractivity contribution in [1.82, 2.24) is 4.98 Å². The number of nitrogens with zero attached hydrogens (tertiary/aromatic N) is 2. The number of allylic oxidation sites excluding steroid dienone is 1. The maximum Gasteiger partial charge on any atom is 0.0991 e. The first-order valence-corrected chi connectivity index (χ1v) is 5.33. The third-order valence-electron chi connectivity index (χ3n) is 2.57. The minimum Gasteiger partial charge on any atom is -0.256 e. The Morgan fingerprint density at radius 1 is 1.18 bits per heavy atom. The largest absolute Gasteiger partial charge is 0.256 e. The van der Waals surface area contributed by atoms with Gasteiger partial charge in [-0.25, -0.2) is 0 Å². The molecule has 0 aliphatic heterocycles. The van der Waals surface area contributed by atoms with E-state index in [0.717, 1.165) is 22.4 Å². The summed E-state index contributed by atoms with van der Waals surface area (Å²) in [6, 6.07) is 13.5. The smallest absolute Gasteiger partial charge is 0.0991 e. The molecule has 0 amide bonds. The van der Waals surface area contributed by atoms with Gasteiger partial charge in [0, 0.05) is 11.8 Å². The fraction of sp³-hybridized carbons (Fsp3) is 0.0667. The van der Waals surface area contributed by atoms with E-state index in [1.54, 1.807) is 12.1 Å². The van der Waals surface area contributed by atoms with Gasteiger partial charge < -0.3 is 0 Å². The third kappa shape index (κ3) is 2.40. The predicted octanol–water partition coefficient (Wildman–Crippen LogP) is 3.65. The van der Waals surface area contributed by atoms with Crippen molar-refractivity contribution in [3.8, 4) is 17.3 Å². The minimum atomic E-state index is 0.660. The summed E-state index contributed by atoms with van der Waals surface area (Å²) in [5.41, 5.74) is 4.62. The molecular formula is C15H12N2. The summed E-state index contributed by atoms with van der Waals surface area (Å²) in [7, 11) is 0. The SMILES string of the molecule is C=C(C)c1ccc(-c2ccc(C#N)cc2)nc1. The molecule has 0 radical (unpaired) electrons. The first-order chi connectivity index (χ1) is 8.20. The molecule has 0 unspecified atom stereocenters. The van der Waals surface area contributed by atoms with Gasteiger partial charge in [-0.3, -0.25) is 4.98 Å². The molecule has 1 heterocycles. The molecule has 2 heteroatoms. The van der Waals surface area contributed by atoms with Crippen LogP contribution in [0.15, 0.2) is 49.2 Å². The fourth-order valence-corrected chi connectivity index (χ4v) is 1.53. The Morgan fingerprint density at radius 3 is 2.35 bits per heavy atom. The zero-order valence-electron chi connectivity index (χ0n) is 9.64. The molecule has 17 heavy (non-hydrogen) atoms. The first kappa shape index (κ1) is 11.1. The highest BCUT2D eigenvalue weighted by atomic mass is 14.7. The van der Waals surface area contributed by atoms with Crippen LogP contribution in [0.4, 0.5) is 0 Å². The Labute approximate surface area is 101 Å². The van der Waals surface area contributed by atoms with Gasteiger partial charge in [0.15, 0.2) is 0 Å². The molecule has 2 aromatic rings. The Bertz CT molecular complexity index is 572. The number of hydrogen-bond acceptors (Lipinski definition) is 2. The fourth-order valence-electron chi connectivity index (χ4n) is 1.53. The second-order valence-corrected chi connectivity index (χ2v) is 3.90. The highest BCUT2D eigenvalue weighted by Gasteiger charge is 2.00. The van der Waals surface area contributed by atoms with Crippen molar-refractivity contribution in [1.29, 1.82) is 5.26 Å². The van der Waals surface area contributed by atoms with Crippen molar-refractivity contribution in [2.45, 2.75) is 6.92 Å². The standard InChI is InChI=1S/C15H12N2/c1-11(2)14-7-8-15(17-10-14)13-5-3-12(9-16)4-6-13/h3-8,10H,1H2,2H3. The molecule has 2 rings (SSSR count). The van der Waals surface area contributed by atoms with Crippen LogP contribution in [-0.4, -0.2) is 4.98 Å². The summed E-state index contributed by atoms with van der Waals surface area (Å²) < 4.78 is 0. The number of aromatic nitrogens is 1. The Hall–Kier alpha value is -2.40. The summed E-state index contributed by atoms with van der Waals surface area (Å²) in [5, 5.41) is 8.72. The van der Waals surface area contributed by atoms with E-state index in [0.29, 0.717) is 5.56 Å². The maximum absolute atomic E-state index is 8.72. The van der Waals surface area contributed by atoms with Crippen molar-refractivity contribution in [3.05, 3.63) is 60.3 Å². The van der Waals surface area contributed by atoms with Crippen LogP contribution in [0, 0.1) is 11.3 Å². The lowest BCUT2D eigenvalue weighted by Crippen LogP contribution is -1.86. The molecule has 0 bridgehead atoms. The van der Waals surface area contributed by atoms with E-state index in [1.165, 1.54) is 0 Å². The number of nitriles is 1. The highest BCUT2D eigenvalue weighted by Crippen LogP contribution is 2.19. The zero-order valence-corrected chi connectivity index (χ0v) is 9.64. The van der Waals surface area contributed by atoms with Gasteiger partial charge in [0.05, 0.1) is 17.3 Å². The van der Waals surface area contributed by atoms with Crippen LogP contribution in [-0.2, 0) is 0 Å². The monoisotopic (exact) mass is 220 g/mol. The zero-order chi connectivity index (χ0) is 12.3. The lowest BCUT2D eigenvalue weighted by Gasteiger charge is -2.03. The summed E-state index contributed by atoms with van der Waals surface area (Å²) >= 11 is 0. The van der Waals surface area contributed by atoms with Gasteiger partial charge in [0.2, 0.25) is 0 Å². The van der Waals surface area contributed by atoms with E-state index >= 15 is 0 Å². The van der Waals surface area contributed by atoms with Crippen molar-refractivity contribution in [2.24, 2.45) is 0 Å². The van der Waals surface area contributed by atoms with Gasteiger partial charge in [0.1, 0.15) is 0 Å². The number of hydrogen-bond donors (Lipinski definition) is 0. The molecule has 0 atom stereocenters. The minimum absolute atomic E-state index is 0.660. The lowest BCUT2D eigenvalue weighted by molar-refractivity contribution is 1.30. The van der Waals surface area contributed by atoms with Crippen LogP contribution >= 0.6 is 0 Å². The summed E-state index contributed by atoms with van der Waals surface area (Å²) in [5.74, 6) is 0. The second kappa shape index (κ2) is 4.63. The van der Waals surface area contributed by atoms with Crippen LogP contribution in [0.5, 0.6) is 0 Å². The van der Waals surface area contributed by atoms with Crippen molar-refractivity contribution in [3.63, 3.8) is 0 Å². The second-order valence-electron chi connectivity index (χ2n) is 3.90. The lowest BCUT2D eigenvalue weighted by atomic mass is 10.1. The van der Waals surface area contributed by atoms with Gasteiger partial charge in [-0.1, -0.05) is 24.8 Å². The van der Waals surface area contributed by atoms with Crippen molar-refractivity contribution < 1.29 is 0 Å². The normalized spacial score (nSPS) is 9.65. The quantitative estimate of drug-likeness (QED) is 0.774. The Morgan fingerprint density at radius 2 is 1.88 bits per heavy atom. The molecule has 0 aliphatic carbocycles. The maximum atomic E-state index is 8.72. The number of rotatable bonds is 2. The van der Waals surface area contributed by atoms with Gasteiger partial charge >= 0.3 is 0 Å². The van der Waals surface area contributed by atoms with Crippen molar-refractivity contribution in [2.75, 3.05) is 0 Å². The third-order valence-corrected chi connectivity index (χ3v) is 2.57. The topological polar surface area (TPSA) is 36.7 Å². The van der Waals surface area contributed by atoms with Gasteiger partial charge in [0.25, 0.3) is 0 Å². The van der Waals surface area contributed by atoms with E-state index in [4.69, 9.17) is 5.26 Å². The molecule has 1 aromatic heterocycles. The molecular weight excluding hydrogens is 208 g/mol. The number of pyridine rings is 1. The molecule has 1 aromatic carbocycles. The van der Waals surface area contributed by atoms with E-state index in [2.05, 4.69) is 17.6 Å². The van der Waals surface area contributed by atoms with E-state index in [-0.39, 0.29) is 0 Å². The van der Waals surface area contributed by atoms with Crippen molar-refractivity contribution >= 4 is 5.57 Å². The van der Waals surface area contributed by atoms with E-state index in [1.807, 2.05) is 37.4 Å². The van der Waals surface area contributed by atoms with Crippen LogP contribution in [0.2, 0.25) is 0 Å². The average molecular weight is 220 g/mol. The summed E-state index contributed by atoms with van der Waals surface area (Å²) in [6.45, 7) is 5.83. The van der Waals surface area contributed by atoms with E-state index < -0.39 is 0 Å². The molecule has 0 aliphatic rings. The molecule has 2 nitrogen and oxygen atoms in total. The first-order valence-electron chi connectivity index (χ1n) is 5.33. The number of benzene rings is 1. The van der Waals surface area contributed by atoms with Crippen LogP contribution < -0.4 is 0 Å². The van der Waals surface area contributed by atoms with Gasteiger partial charge in [-0.05, 0) is 36.3 Å². The van der Waals surface area contributed by atoms with Crippen LogP contribution in [0.1, 0.15) is 18.1 Å². The summed E-state index contributed by atoms with van der Waals surface area (Å²) in [4.78, 5) is 4.38. The highest BCUT2D eigenvalue weighted by molar-refractivity contribution is 5.65. The predicted molar refractivity (Wildman–Crippen MR) is 69.1 cm³/mol. The molecule has 0 fully saturated rings. The Kier molecular flexibility index (Phi) is 3.02. The Balaban J connectivity index is 2.33. The molecule has 0 spiro atoms. The van der Waals surface area contributed by atoms with E-state index in [9.17, 15) is 0 Å². The van der Waals surface area contributed by atoms with Gasteiger partial charge in [-0.15, -0.1) is 0 Å². The summed E-state index contributed by atoms with van der Waals surface area (Å²) in [6.07, 6.45) is 1.82. The van der Waals surface area contributed by atoms with Crippen LogP contribution in [0.3, 0.4) is 0 Å². The average Bonchev–Trinajstić information content (AvgIpc) is 2.39. The molecule has 82 valence electrons. The van der Waals surface area contributed by atoms with Crippen LogP contribution in [0.25, 0.3) is 16.8 Å². The molecule has 0 saturated heterocycles. The molecule has 0 saturated carbocycles. The molecule has 0 N–H and O–H groups in total.